The Morgan fingerprint density at radius 3 is 2.60 bits per heavy atom. The van der Waals surface area contributed by atoms with Crippen molar-refractivity contribution >= 4 is 5.69 Å². The maximum atomic E-state index is 13.5. The van der Waals surface area contributed by atoms with Crippen molar-refractivity contribution in [2.45, 2.75) is 45.1 Å². The van der Waals surface area contributed by atoms with Crippen LogP contribution < -0.4 is 15.8 Å². The standard InChI is InChI=1S/C16H25FN2O/c1-15(2)8-4-5-9-16(15,11-18)19-12-6-7-13(17)14(10-12)20-3/h6-7,10,19H,4-5,8-9,11,18H2,1-3H3. The molecule has 1 unspecified atom stereocenters. The number of methoxy groups -OCH3 is 1. The molecule has 112 valence electrons. The lowest BCUT2D eigenvalue weighted by Crippen LogP contribution is -2.58. The smallest absolute Gasteiger partial charge is 0.165 e. The molecule has 4 heteroatoms. The Morgan fingerprint density at radius 2 is 2.00 bits per heavy atom. The second-order valence-corrected chi connectivity index (χ2v) is 6.35. The molecule has 1 atom stereocenters. The summed E-state index contributed by atoms with van der Waals surface area (Å²) >= 11 is 0. The summed E-state index contributed by atoms with van der Waals surface area (Å²) in [6.07, 6.45) is 4.60. The van der Waals surface area contributed by atoms with E-state index in [-0.39, 0.29) is 22.5 Å². The van der Waals surface area contributed by atoms with Crippen LogP contribution in [0.1, 0.15) is 39.5 Å². The highest BCUT2D eigenvalue weighted by Gasteiger charge is 2.45. The van der Waals surface area contributed by atoms with Crippen LogP contribution in [0.3, 0.4) is 0 Å². The minimum atomic E-state index is -0.345. The van der Waals surface area contributed by atoms with Crippen molar-refractivity contribution in [3.63, 3.8) is 0 Å². The van der Waals surface area contributed by atoms with Gasteiger partial charge in [-0.05, 0) is 30.4 Å². The molecule has 0 heterocycles. The van der Waals surface area contributed by atoms with E-state index in [4.69, 9.17) is 10.5 Å². The molecular weight excluding hydrogens is 255 g/mol. The fourth-order valence-corrected chi connectivity index (χ4v) is 3.25. The Balaban J connectivity index is 2.30. The maximum absolute atomic E-state index is 13.5. The van der Waals surface area contributed by atoms with Gasteiger partial charge in [-0.25, -0.2) is 4.39 Å². The highest BCUT2D eigenvalue weighted by molar-refractivity contribution is 5.51. The third-order valence-corrected chi connectivity index (χ3v) is 4.83. The summed E-state index contributed by atoms with van der Waals surface area (Å²) in [7, 11) is 1.48. The first-order chi connectivity index (χ1) is 9.44. The van der Waals surface area contributed by atoms with Gasteiger partial charge in [0, 0.05) is 18.3 Å². The van der Waals surface area contributed by atoms with Crippen LogP contribution >= 0.6 is 0 Å². The topological polar surface area (TPSA) is 47.3 Å². The first-order valence-corrected chi connectivity index (χ1v) is 7.26. The second-order valence-electron chi connectivity index (χ2n) is 6.35. The number of rotatable bonds is 4. The Morgan fingerprint density at radius 1 is 1.30 bits per heavy atom. The summed E-state index contributed by atoms with van der Waals surface area (Å²) in [4.78, 5) is 0. The average molecular weight is 280 g/mol. The minimum Gasteiger partial charge on any atom is -0.494 e. The average Bonchev–Trinajstić information content (AvgIpc) is 2.43. The molecule has 1 aromatic carbocycles. The number of nitrogens with one attached hydrogen (secondary N) is 1. The van der Waals surface area contributed by atoms with Gasteiger partial charge in [0.1, 0.15) is 0 Å². The second kappa shape index (κ2) is 5.60. The largest absolute Gasteiger partial charge is 0.494 e. The maximum Gasteiger partial charge on any atom is 0.165 e. The summed E-state index contributed by atoms with van der Waals surface area (Å²) in [5.41, 5.74) is 6.93. The first-order valence-electron chi connectivity index (χ1n) is 7.26. The van der Waals surface area contributed by atoms with E-state index in [9.17, 15) is 4.39 Å². The molecule has 0 aliphatic heterocycles. The molecule has 0 saturated heterocycles. The Hall–Kier alpha value is -1.29. The van der Waals surface area contributed by atoms with Crippen LogP contribution in [0.5, 0.6) is 5.75 Å². The summed E-state index contributed by atoms with van der Waals surface area (Å²) < 4.78 is 18.5. The van der Waals surface area contributed by atoms with Crippen LogP contribution in [-0.2, 0) is 0 Å². The molecule has 1 saturated carbocycles. The number of ether oxygens (including phenoxy) is 1. The van der Waals surface area contributed by atoms with Gasteiger partial charge in [0.05, 0.1) is 12.6 Å². The monoisotopic (exact) mass is 280 g/mol. The molecule has 0 amide bonds. The van der Waals surface area contributed by atoms with Gasteiger partial charge in [-0.2, -0.15) is 0 Å². The Kier molecular flexibility index (Phi) is 4.23. The van der Waals surface area contributed by atoms with E-state index < -0.39 is 0 Å². The quantitative estimate of drug-likeness (QED) is 0.886. The minimum absolute atomic E-state index is 0.113. The van der Waals surface area contributed by atoms with Gasteiger partial charge in [0.25, 0.3) is 0 Å². The number of anilines is 1. The number of halogens is 1. The molecule has 20 heavy (non-hydrogen) atoms. The van der Waals surface area contributed by atoms with Crippen LogP contribution in [0.15, 0.2) is 18.2 Å². The summed E-state index contributed by atoms with van der Waals surface area (Å²) in [6.45, 7) is 5.08. The first kappa shape index (κ1) is 15.1. The molecule has 1 aromatic rings. The lowest BCUT2D eigenvalue weighted by molar-refractivity contribution is 0.125. The predicted molar refractivity (Wildman–Crippen MR) is 80.6 cm³/mol. The number of hydrogen-bond donors (Lipinski definition) is 2. The zero-order valence-electron chi connectivity index (χ0n) is 12.6. The van der Waals surface area contributed by atoms with E-state index in [2.05, 4.69) is 19.2 Å². The van der Waals surface area contributed by atoms with Gasteiger partial charge in [0.2, 0.25) is 0 Å². The van der Waals surface area contributed by atoms with Gasteiger partial charge in [0.15, 0.2) is 11.6 Å². The van der Waals surface area contributed by atoms with Gasteiger partial charge < -0.3 is 15.8 Å². The molecule has 1 fully saturated rings. The van der Waals surface area contributed by atoms with Gasteiger partial charge in [-0.15, -0.1) is 0 Å². The van der Waals surface area contributed by atoms with Crippen molar-refractivity contribution in [3.05, 3.63) is 24.0 Å². The lowest BCUT2D eigenvalue weighted by Gasteiger charge is -2.51. The van der Waals surface area contributed by atoms with E-state index in [1.165, 1.54) is 26.0 Å². The fraction of sp³-hybridized carbons (Fsp3) is 0.625. The molecule has 0 spiro atoms. The van der Waals surface area contributed by atoms with E-state index in [1.54, 1.807) is 12.1 Å². The van der Waals surface area contributed by atoms with Crippen molar-refractivity contribution in [1.29, 1.82) is 0 Å². The SMILES string of the molecule is COc1cc(NC2(CN)CCCCC2(C)C)ccc1F. The van der Waals surface area contributed by atoms with Crippen molar-refractivity contribution in [2.24, 2.45) is 11.1 Å². The van der Waals surface area contributed by atoms with Crippen LogP contribution in [0.2, 0.25) is 0 Å². The predicted octanol–water partition coefficient (Wildman–Crippen LogP) is 3.54. The molecule has 0 bridgehead atoms. The molecule has 1 aliphatic carbocycles. The third kappa shape index (κ3) is 2.62. The molecule has 3 nitrogen and oxygen atoms in total. The van der Waals surface area contributed by atoms with Gasteiger partial charge in [-0.1, -0.05) is 26.7 Å². The van der Waals surface area contributed by atoms with Crippen molar-refractivity contribution < 1.29 is 9.13 Å². The van der Waals surface area contributed by atoms with E-state index in [0.29, 0.717) is 6.54 Å². The molecular formula is C16H25FN2O. The van der Waals surface area contributed by atoms with Crippen molar-refractivity contribution in [1.82, 2.24) is 0 Å². The molecule has 1 aliphatic rings. The van der Waals surface area contributed by atoms with E-state index >= 15 is 0 Å². The highest BCUT2D eigenvalue weighted by Crippen LogP contribution is 2.45. The van der Waals surface area contributed by atoms with Gasteiger partial charge in [-0.3, -0.25) is 0 Å². The third-order valence-electron chi connectivity index (χ3n) is 4.83. The zero-order valence-corrected chi connectivity index (χ0v) is 12.6. The lowest BCUT2D eigenvalue weighted by atomic mass is 9.63. The number of hydrogen-bond acceptors (Lipinski definition) is 3. The molecule has 3 N–H and O–H groups in total. The van der Waals surface area contributed by atoms with E-state index in [0.717, 1.165) is 18.5 Å². The molecule has 0 radical (unpaired) electrons. The molecule has 2 rings (SSSR count). The summed E-state index contributed by atoms with van der Waals surface area (Å²) in [5.74, 6) is -0.0847. The zero-order chi connectivity index (χ0) is 14.8. The fourth-order valence-electron chi connectivity index (χ4n) is 3.25. The Labute approximate surface area is 120 Å². The molecule has 0 aromatic heterocycles. The highest BCUT2D eigenvalue weighted by atomic mass is 19.1. The normalized spacial score (nSPS) is 25.2. The van der Waals surface area contributed by atoms with Crippen molar-refractivity contribution in [3.8, 4) is 5.75 Å². The number of benzene rings is 1. The van der Waals surface area contributed by atoms with Crippen LogP contribution in [-0.4, -0.2) is 19.2 Å². The number of nitrogens with two attached hydrogens (primary N) is 1. The summed E-state index contributed by atoms with van der Waals surface area (Å²) in [6, 6.07) is 4.89. The van der Waals surface area contributed by atoms with Crippen LogP contribution in [0.25, 0.3) is 0 Å². The van der Waals surface area contributed by atoms with E-state index in [1.807, 2.05) is 0 Å². The van der Waals surface area contributed by atoms with Crippen molar-refractivity contribution in [2.75, 3.05) is 19.0 Å². The van der Waals surface area contributed by atoms with Crippen LogP contribution in [0, 0.1) is 11.2 Å². The van der Waals surface area contributed by atoms with Gasteiger partial charge >= 0.3 is 0 Å². The summed E-state index contributed by atoms with van der Waals surface area (Å²) in [5, 5.41) is 3.56. The Bertz CT molecular complexity index is 476. The van der Waals surface area contributed by atoms with Crippen LogP contribution in [0.4, 0.5) is 10.1 Å².